The van der Waals surface area contributed by atoms with Crippen molar-refractivity contribution >= 4 is 41.0 Å². The van der Waals surface area contributed by atoms with Gasteiger partial charge in [0, 0.05) is 37.1 Å². The third-order valence-corrected chi connectivity index (χ3v) is 8.18. The number of aryl methyl sites for hydroxylation is 1. The molecule has 1 aliphatic rings. The highest BCUT2D eigenvalue weighted by molar-refractivity contribution is 6.31. The summed E-state index contributed by atoms with van der Waals surface area (Å²) in [5.41, 5.74) is 4.65. The van der Waals surface area contributed by atoms with E-state index >= 15 is 0 Å². The number of aliphatic hydroxyl groups excluding tert-OH is 1. The molecular formula is C34H35ClF3N7O3. The number of aliphatic hydroxyl groups is 1. The summed E-state index contributed by atoms with van der Waals surface area (Å²) in [6.45, 7) is 2.17. The number of amides is 2. The molecular weight excluding hydrogens is 647 g/mol. The van der Waals surface area contributed by atoms with Gasteiger partial charge in [-0.25, -0.2) is 10.1 Å². The van der Waals surface area contributed by atoms with E-state index in [2.05, 4.69) is 31.1 Å². The second-order valence-corrected chi connectivity index (χ2v) is 11.9. The number of hydrogen-bond acceptors (Lipinski definition) is 7. The van der Waals surface area contributed by atoms with Crippen LogP contribution in [0.5, 0.6) is 0 Å². The number of carbonyl (C=O) groups excluding carboxylic acids is 2. The number of anilines is 2. The first-order valence-corrected chi connectivity index (χ1v) is 16.0. The third-order valence-electron chi connectivity index (χ3n) is 7.85. The minimum Gasteiger partial charge on any atom is -0.396 e. The minimum absolute atomic E-state index is 0.0892. The van der Waals surface area contributed by atoms with E-state index in [9.17, 15) is 22.8 Å². The number of hydrogen-bond donors (Lipinski definition) is 3. The molecule has 4 aromatic rings. The lowest BCUT2D eigenvalue weighted by Crippen LogP contribution is -2.30. The number of aromatic nitrogens is 3. The lowest BCUT2D eigenvalue weighted by molar-refractivity contribution is -0.137. The molecule has 0 atom stereocenters. The van der Waals surface area contributed by atoms with Crippen LogP contribution in [0.25, 0.3) is 0 Å². The summed E-state index contributed by atoms with van der Waals surface area (Å²) in [5.74, 6) is -1.09. The molecule has 1 aromatic heterocycles. The lowest BCUT2D eigenvalue weighted by atomic mass is 10.1. The molecule has 0 bridgehead atoms. The summed E-state index contributed by atoms with van der Waals surface area (Å²) in [7, 11) is 0. The molecule has 0 spiro atoms. The number of halogens is 4. The van der Waals surface area contributed by atoms with Crippen LogP contribution >= 0.6 is 11.6 Å². The molecule has 1 saturated heterocycles. The van der Waals surface area contributed by atoms with Gasteiger partial charge in [-0.05, 0) is 92.1 Å². The van der Waals surface area contributed by atoms with Gasteiger partial charge in [-0.15, -0.1) is 5.10 Å². The molecule has 3 aromatic carbocycles. The number of hydrazone groups is 1. The Morgan fingerprint density at radius 3 is 2.58 bits per heavy atom. The Balaban J connectivity index is 1.32. The Labute approximate surface area is 280 Å². The van der Waals surface area contributed by atoms with Gasteiger partial charge in [0.2, 0.25) is 0 Å². The molecule has 14 heteroatoms. The van der Waals surface area contributed by atoms with Crippen molar-refractivity contribution in [2.75, 3.05) is 29.9 Å². The number of piperidine rings is 1. The van der Waals surface area contributed by atoms with Gasteiger partial charge in [-0.1, -0.05) is 35.0 Å². The maximum atomic E-state index is 13.4. The molecule has 0 radical (unpaired) electrons. The fourth-order valence-electron chi connectivity index (χ4n) is 5.38. The summed E-state index contributed by atoms with van der Waals surface area (Å²) in [6.07, 6.45) is 3.64. The maximum absolute atomic E-state index is 13.4. The summed E-state index contributed by atoms with van der Waals surface area (Å²) >= 11 is 5.71. The van der Waals surface area contributed by atoms with E-state index < -0.39 is 28.6 Å². The van der Waals surface area contributed by atoms with Crippen LogP contribution in [0.4, 0.5) is 24.5 Å². The number of benzene rings is 3. The molecule has 2 heterocycles. The Bertz CT molecular complexity index is 1770. The van der Waals surface area contributed by atoms with Gasteiger partial charge in [0.05, 0.1) is 40.3 Å². The molecule has 5 rings (SSSR count). The zero-order valence-electron chi connectivity index (χ0n) is 26.0. The van der Waals surface area contributed by atoms with E-state index in [0.717, 1.165) is 74.1 Å². The average molecular weight is 682 g/mol. The van der Waals surface area contributed by atoms with Crippen LogP contribution in [-0.4, -0.2) is 57.8 Å². The first-order chi connectivity index (χ1) is 23.1. The van der Waals surface area contributed by atoms with Gasteiger partial charge in [-0.3, -0.25) is 9.59 Å². The molecule has 0 aliphatic carbocycles. The monoisotopic (exact) mass is 681 g/mol. The van der Waals surface area contributed by atoms with Crippen molar-refractivity contribution in [3.8, 4) is 0 Å². The lowest BCUT2D eigenvalue weighted by Gasteiger charge is -2.29. The SMILES string of the molecule is O=C(Nc1ccc(N2CCCCC2)cc1C(=O)NN=Cc1ccc(Cl)c(C(F)(F)F)c1)c1cccc(Cn2cc(CCCCO)nn2)c1. The summed E-state index contributed by atoms with van der Waals surface area (Å²) < 4.78 is 41.5. The highest BCUT2D eigenvalue weighted by Gasteiger charge is 2.33. The summed E-state index contributed by atoms with van der Waals surface area (Å²) in [5, 5.41) is 23.6. The van der Waals surface area contributed by atoms with Crippen LogP contribution in [0.2, 0.25) is 5.02 Å². The van der Waals surface area contributed by atoms with Gasteiger partial charge in [0.25, 0.3) is 11.8 Å². The molecule has 2 amide bonds. The number of rotatable bonds is 12. The topological polar surface area (TPSA) is 125 Å². The normalized spacial score (nSPS) is 13.6. The highest BCUT2D eigenvalue weighted by atomic mass is 35.5. The zero-order chi connectivity index (χ0) is 34.1. The van der Waals surface area contributed by atoms with Crippen molar-refractivity contribution < 1.29 is 27.9 Å². The van der Waals surface area contributed by atoms with E-state index in [0.29, 0.717) is 24.9 Å². The van der Waals surface area contributed by atoms with Crippen molar-refractivity contribution in [2.24, 2.45) is 5.10 Å². The molecule has 1 fully saturated rings. The number of unbranched alkanes of at least 4 members (excludes halogenated alkanes) is 1. The van der Waals surface area contributed by atoms with E-state index in [1.165, 1.54) is 6.07 Å². The molecule has 48 heavy (non-hydrogen) atoms. The van der Waals surface area contributed by atoms with Crippen molar-refractivity contribution in [1.29, 1.82) is 0 Å². The van der Waals surface area contributed by atoms with Crippen LogP contribution in [0.3, 0.4) is 0 Å². The third kappa shape index (κ3) is 9.20. The second kappa shape index (κ2) is 15.9. The van der Waals surface area contributed by atoms with E-state index in [-0.39, 0.29) is 23.4 Å². The van der Waals surface area contributed by atoms with Gasteiger partial charge < -0.3 is 15.3 Å². The summed E-state index contributed by atoms with van der Waals surface area (Å²) in [6, 6.07) is 15.5. The molecule has 252 valence electrons. The van der Waals surface area contributed by atoms with Crippen molar-refractivity contribution in [1.82, 2.24) is 20.4 Å². The smallest absolute Gasteiger partial charge is 0.396 e. The van der Waals surface area contributed by atoms with Gasteiger partial charge in [-0.2, -0.15) is 18.3 Å². The minimum atomic E-state index is -4.65. The summed E-state index contributed by atoms with van der Waals surface area (Å²) in [4.78, 5) is 29.0. The predicted octanol–water partition coefficient (Wildman–Crippen LogP) is 6.32. The molecule has 1 aliphatic heterocycles. The zero-order valence-corrected chi connectivity index (χ0v) is 26.8. The van der Waals surface area contributed by atoms with Gasteiger partial charge in [0.15, 0.2) is 0 Å². The van der Waals surface area contributed by atoms with Crippen molar-refractivity contribution in [3.63, 3.8) is 0 Å². The number of nitrogens with zero attached hydrogens (tertiary/aromatic N) is 5. The van der Waals surface area contributed by atoms with Crippen LogP contribution in [-0.2, 0) is 19.1 Å². The largest absolute Gasteiger partial charge is 0.417 e. The Morgan fingerprint density at radius 2 is 1.81 bits per heavy atom. The Kier molecular flexibility index (Phi) is 11.5. The van der Waals surface area contributed by atoms with E-state index in [1.807, 2.05) is 18.3 Å². The van der Waals surface area contributed by atoms with E-state index in [1.54, 1.807) is 35.0 Å². The van der Waals surface area contributed by atoms with E-state index in [4.69, 9.17) is 16.7 Å². The van der Waals surface area contributed by atoms with Crippen molar-refractivity contribution in [2.45, 2.75) is 51.2 Å². The first-order valence-electron chi connectivity index (χ1n) is 15.6. The Hall–Kier alpha value is -4.75. The number of carbonyl (C=O) groups is 2. The molecule has 0 saturated carbocycles. The van der Waals surface area contributed by atoms with Gasteiger partial charge >= 0.3 is 6.18 Å². The average Bonchev–Trinajstić information content (AvgIpc) is 3.52. The molecule has 10 nitrogen and oxygen atoms in total. The van der Waals surface area contributed by atoms with Gasteiger partial charge in [0.1, 0.15) is 0 Å². The molecule has 3 N–H and O–H groups in total. The quantitative estimate of drug-likeness (QED) is 0.0914. The standard InChI is InChI=1S/C34H35ClF3N7O3/c35-30-12-10-23(18-29(30)34(36,37)38)20-39-42-33(48)28-19-27(44-14-3-1-4-15-44)11-13-31(28)40-32(47)25-8-6-7-24(17-25)21-45-22-26(41-43-45)9-2-5-16-46/h6-8,10-13,17-20,22,46H,1-5,9,14-16,21H2,(H,40,47)(H,42,48). The van der Waals surface area contributed by atoms with Crippen LogP contribution < -0.4 is 15.6 Å². The fraction of sp³-hybridized carbons (Fsp3) is 0.324. The molecule has 0 unspecified atom stereocenters. The van der Waals surface area contributed by atoms with Crippen LogP contribution in [0.15, 0.2) is 72.0 Å². The fourth-order valence-corrected chi connectivity index (χ4v) is 5.61. The number of alkyl halides is 3. The maximum Gasteiger partial charge on any atom is 0.417 e. The predicted molar refractivity (Wildman–Crippen MR) is 178 cm³/mol. The number of nitrogens with one attached hydrogen (secondary N) is 2. The Morgan fingerprint density at radius 1 is 1.00 bits per heavy atom. The second-order valence-electron chi connectivity index (χ2n) is 11.5. The van der Waals surface area contributed by atoms with Crippen molar-refractivity contribution in [3.05, 3.63) is 105 Å². The first kappa shape index (κ1) is 34.6. The van der Waals surface area contributed by atoms with Crippen LogP contribution in [0, 0.1) is 0 Å². The van der Waals surface area contributed by atoms with Crippen LogP contribution in [0.1, 0.15) is 75.2 Å². The highest BCUT2D eigenvalue weighted by Crippen LogP contribution is 2.35.